The average Bonchev–Trinajstić information content (AvgIpc) is 3.43. The molecule has 28 heavy (non-hydrogen) atoms. The molecule has 1 aliphatic heterocycles. The highest BCUT2D eigenvalue weighted by molar-refractivity contribution is 7.91. The van der Waals surface area contributed by atoms with Gasteiger partial charge in [0, 0.05) is 17.1 Å². The minimum Gasteiger partial charge on any atom is -0.403 e. The molecule has 1 N–H and O–H groups in total. The van der Waals surface area contributed by atoms with E-state index in [1.807, 2.05) is 0 Å². The molecule has 0 radical (unpaired) electrons. The Morgan fingerprint density at radius 1 is 1.25 bits per heavy atom. The number of anilines is 1. The molecular weight excluding hydrogens is 424 g/mol. The monoisotopic (exact) mass is 438 g/mol. The molecule has 0 bridgehead atoms. The summed E-state index contributed by atoms with van der Waals surface area (Å²) in [6.45, 7) is 0.290. The summed E-state index contributed by atoms with van der Waals surface area (Å²) in [4.78, 5) is 12.7. The zero-order chi connectivity index (χ0) is 19.7. The molecule has 1 atom stereocenters. The molecule has 0 spiro atoms. The Balaban J connectivity index is 1.50. The summed E-state index contributed by atoms with van der Waals surface area (Å²) in [5, 5.41) is 12.5. The fraction of sp³-hybridized carbons (Fsp3) is 0.235. The van der Waals surface area contributed by atoms with E-state index in [0.29, 0.717) is 23.4 Å². The van der Waals surface area contributed by atoms with E-state index in [-0.39, 0.29) is 22.7 Å². The van der Waals surface area contributed by atoms with Crippen molar-refractivity contribution in [3.8, 4) is 11.5 Å². The molecule has 3 heterocycles. The number of carbonyl (C=O) groups excluding carboxylic acids is 1. The van der Waals surface area contributed by atoms with Crippen LogP contribution in [-0.2, 0) is 14.8 Å². The quantitative estimate of drug-likeness (QED) is 0.655. The molecule has 1 aliphatic rings. The van der Waals surface area contributed by atoms with E-state index in [9.17, 15) is 13.2 Å². The second-order valence-electron chi connectivity index (χ2n) is 6.11. The van der Waals surface area contributed by atoms with Crippen LogP contribution in [0.1, 0.15) is 12.8 Å². The van der Waals surface area contributed by atoms with Gasteiger partial charge >= 0.3 is 6.01 Å². The summed E-state index contributed by atoms with van der Waals surface area (Å²) in [6, 6.07) is 9.09. The van der Waals surface area contributed by atoms with Crippen LogP contribution in [0.2, 0.25) is 5.02 Å². The van der Waals surface area contributed by atoms with Gasteiger partial charge in [0.25, 0.3) is 10.0 Å². The number of nitrogens with one attached hydrogen (secondary N) is 1. The number of amides is 1. The van der Waals surface area contributed by atoms with Crippen LogP contribution in [0.15, 0.2) is 50.4 Å². The third kappa shape index (κ3) is 3.68. The Labute approximate surface area is 170 Å². The Hall–Kier alpha value is -2.27. The SMILES string of the molecule is O=C(Nc1nnc(-c2ccc(Cl)cc2)o1)C1CCCN1S(=O)(=O)c1cccs1. The molecule has 146 valence electrons. The lowest BCUT2D eigenvalue weighted by atomic mass is 10.2. The summed E-state index contributed by atoms with van der Waals surface area (Å²) in [6.07, 6.45) is 1.02. The van der Waals surface area contributed by atoms with E-state index >= 15 is 0 Å². The van der Waals surface area contributed by atoms with Crippen molar-refractivity contribution in [3.63, 3.8) is 0 Å². The van der Waals surface area contributed by atoms with Gasteiger partial charge in [-0.15, -0.1) is 16.4 Å². The van der Waals surface area contributed by atoms with Crippen LogP contribution in [0.4, 0.5) is 6.01 Å². The third-order valence-corrected chi connectivity index (χ3v) is 7.84. The van der Waals surface area contributed by atoms with Crippen molar-refractivity contribution in [2.24, 2.45) is 0 Å². The van der Waals surface area contributed by atoms with Gasteiger partial charge in [0.2, 0.25) is 11.8 Å². The molecule has 4 rings (SSSR count). The maximum Gasteiger partial charge on any atom is 0.322 e. The molecule has 1 fully saturated rings. The molecule has 1 amide bonds. The van der Waals surface area contributed by atoms with E-state index in [1.54, 1.807) is 35.7 Å². The number of sulfonamides is 1. The number of halogens is 1. The Bertz CT molecular complexity index is 1080. The van der Waals surface area contributed by atoms with Gasteiger partial charge in [-0.3, -0.25) is 10.1 Å². The predicted molar refractivity (Wildman–Crippen MR) is 105 cm³/mol. The van der Waals surface area contributed by atoms with Crippen LogP contribution in [0, 0.1) is 0 Å². The van der Waals surface area contributed by atoms with E-state index in [0.717, 1.165) is 11.3 Å². The van der Waals surface area contributed by atoms with Crippen molar-refractivity contribution in [1.82, 2.24) is 14.5 Å². The molecule has 8 nitrogen and oxygen atoms in total. The van der Waals surface area contributed by atoms with Gasteiger partial charge in [-0.05, 0) is 48.6 Å². The van der Waals surface area contributed by atoms with Gasteiger partial charge in [-0.25, -0.2) is 8.42 Å². The summed E-state index contributed by atoms with van der Waals surface area (Å²) in [7, 11) is -3.71. The number of hydrogen-bond donors (Lipinski definition) is 1. The summed E-state index contributed by atoms with van der Waals surface area (Å²) >= 11 is 6.98. The summed E-state index contributed by atoms with van der Waals surface area (Å²) in [5.41, 5.74) is 0.653. The Morgan fingerprint density at radius 2 is 2.04 bits per heavy atom. The highest BCUT2D eigenvalue weighted by Gasteiger charge is 2.40. The zero-order valence-electron chi connectivity index (χ0n) is 14.4. The van der Waals surface area contributed by atoms with E-state index < -0.39 is 22.0 Å². The highest BCUT2D eigenvalue weighted by Crippen LogP contribution is 2.29. The molecule has 3 aromatic rings. The minimum absolute atomic E-state index is 0.0877. The average molecular weight is 439 g/mol. The second kappa shape index (κ2) is 7.63. The van der Waals surface area contributed by atoms with Crippen molar-refractivity contribution >= 4 is 44.9 Å². The number of carbonyl (C=O) groups is 1. The lowest BCUT2D eigenvalue weighted by Gasteiger charge is -2.21. The molecule has 1 unspecified atom stereocenters. The molecule has 0 saturated carbocycles. The first-order valence-corrected chi connectivity index (χ1v) is 11.1. The summed E-state index contributed by atoms with van der Waals surface area (Å²) in [5.74, 6) is -0.273. The molecule has 11 heteroatoms. The standard InChI is InChI=1S/C17H15ClN4O4S2/c18-12-7-5-11(6-8-12)16-20-21-17(26-16)19-15(23)13-3-1-9-22(13)28(24,25)14-4-2-10-27-14/h2,4-8,10,13H,1,3,9H2,(H,19,21,23). The maximum atomic E-state index is 12.8. The predicted octanol–water partition coefficient (Wildman–Crippen LogP) is 3.24. The van der Waals surface area contributed by atoms with Crippen LogP contribution in [-0.4, -0.2) is 41.4 Å². The normalized spacial score (nSPS) is 17.7. The number of aromatic nitrogens is 2. The van der Waals surface area contributed by atoms with E-state index in [2.05, 4.69) is 15.5 Å². The largest absolute Gasteiger partial charge is 0.403 e. The topological polar surface area (TPSA) is 105 Å². The maximum absolute atomic E-state index is 12.8. The van der Waals surface area contributed by atoms with Crippen LogP contribution in [0.25, 0.3) is 11.5 Å². The fourth-order valence-corrected chi connectivity index (χ4v) is 5.89. The number of thiophene rings is 1. The first-order valence-electron chi connectivity index (χ1n) is 8.41. The summed E-state index contributed by atoms with van der Waals surface area (Å²) < 4.78 is 32.5. The number of hydrogen-bond acceptors (Lipinski definition) is 7. The van der Waals surface area contributed by atoms with Crippen molar-refractivity contribution in [2.75, 3.05) is 11.9 Å². The highest BCUT2D eigenvalue weighted by atomic mass is 35.5. The van der Waals surface area contributed by atoms with Gasteiger partial charge in [0.05, 0.1) is 0 Å². The molecule has 2 aromatic heterocycles. The molecule has 1 saturated heterocycles. The smallest absolute Gasteiger partial charge is 0.322 e. The van der Waals surface area contributed by atoms with Crippen LogP contribution in [0.5, 0.6) is 0 Å². The van der Waals surface area contributed by atoms with Gasteiger partial charge in [-0.2, -0.15) is 4.31 Å². The Morgan fingerprint density at radius 3 is 2.75 bits per heavy atom. The lowest BCUT2D eigenvalue weighted by Crippen LogP contribution is -2.42. The number of benzene rings is 1. The van der Waals surface area contributed by atoms with Crippen LogP contribution >= 0.6 is 22.9 Å². The molecular formula is C17H15ClN4O4S2. The van der Waals surface area contributed by atoms with Crippen molar-refractivity contribution in [1.29, 1.82) is 0 Å². The number of rotatable bonds is 5. The van der Waals surface area contributed by atoms with E-state index in [4.69, 9.17) is 16.0 Å². The second-order valence-corrected chi connectivity index (χ2v) is 9.62. The number of nitrogens with zero attached hydrogens (tertiary/aromatic N) is 3. The van der Waals surface area contributed by atoms with Gasteiger partial charge in [0.1, 0.15) is 10.3 Å². The third-order valence-electron chi connectivity index (χ3n) is 4.31. The van der Waals surface area contributed by atoms with E-state index in [1.165, 1.54) is 10.4 Å². The molecule has 0 aliphatic carbocycles. The first kappa shape index (κ1) is 19.1. The van der Waals surface area contributed by atoms with Crippen molar-refractivity contribution < 1.29 is 17.6 Å². The first-order chi connectivity index (χ1) is 13.4. The van der Waals surface area contributed by atoms with Crippen LogP contribution in [0.3, 0.4) is 0 Å². The fourth-order valence-electron chi connectivity index (χ4n) is 2.99. The van der Waals surface area contributed by atoms with Gasteiger partial charge < -0.3 is 4.42 Å². The van der Waals surface area contributed by atoms with Gasteiger partial charge in [0.15, 0.2) is 0 Å². The van der Waals surface area contributed by atoms with Gasteiger partial charge in [-0.1, -0.05) is 22.8 Å². The lowest BCUT2D eigenvalue weighted by molar-refractivity contribution is -0.119. The van der Waals surface area contributed by atoms with Crippen LogP contribution < -0.4 is 5.32 Å². The van der Waals surface area contributed by atoms with Crippen molar-refractivity contribution in [3.05, 3.63) is 46.8 Å². The zero-order valence-corrected chi connectivity index (χ0v) is 16.8. The minimum atomic E-state index is -3.71. The Kier molecular flexibility index (Phi) is 5.19. The van der Waals surface area contributed by atoms with Crippen molar-refractivity contribution in [2.45, 2.75) is 23.1 Å². The molecule has 1 aromatic carbocycles.